The predicted octanol–water partition coefficient (Wildman–Crippen LogP) is 4.09. The number of aliphatic hydroxyl groups is 1. The van der Waals surface area contributed by atoms with Gasteiger partial charge in [-0.25, -0.2) is 0 Å². The second kappa shape index (κ2) is 11.5. The second-order valence-corrected chi connectivity index (χ2v) is 8.95. The van der Waals surface area contributed by atoms with Crippen LogP contribution in [-0.4, -0.2) is 52.7 Å². The van der Waals surface area contributed by atoms with E-state index >= 15 is 0 Å². The smallest absolute Gasteiger partial charge is 0.184 e. The molecule has 1 aliphatic rings. The third kappa shape index (κ3) is 5.88. The van der Waals surface area contributed by atoms with Crippen LogP contribution in [0.3, 0.4) is 0 Å². The van der Waals surface area contributed by atoms with Crippen LogP contribution < -0.4 is 0 Å². The summed E-state index contributed by atoms with van der Waals surface area (Å²) in [6.07, 6.45) is -0.309. The minimum absolute atomic E-state index is 0.0715. The molecule has 1 N–H and O–H groups in total. The van der Waals surface area contributed by atoms with Crippen molar-refractivity contribution in [3.05, 3.63) is 35.9 Å². The normalized spacial score (nSPS) is 26.9. The lowest BCUT2D eigenvalue weighted by Crippen LogP contribution is -2.53. The molecule has 4 nitrogen and oxygen atoms in total. The van der Waals surface area contributed by atoms with Crippen molar-refractivity contribution in [1.82, 2.24) is 0 Å². The number of thioether (sulfide) groups is 2. The first-order chi connectivity index (χ1) is 12.2. The standard InChI is InChI=1S/C19H30O4S2/c1-4-12-21-16-15(13-20)22-18(14-10-8-7-9-11-14)23-17(16)19(24-5-2)25-6-3/h7-11,15-20H,4-6,12-13H2,1-3H3. The molecule has 142 valence electrons. The minimum atomic E-state index is -0.470. The van der Waals surface area contributed by atoms with E-state index in [4.69, 9.17) is 14.2 Å². The quantitative estimate of drug-likeness (QED) is 0.611. The van der Waals surface area contributed by atoms with Gasteiger partial charge in [0, 0.05) is 12.2 Å². The SMILES string of the molecule is CCCOC1C(CO)OC(c2ccccc2)OC1C(SCC)SCC. The van der Waals surface area contributed by atoms with Gasteiger partial charge in [0.05, 0.1) is 11.2 Å². The molecule has 25 heavy (non-hydrogen) atoms. The molecule has 6 heteroatoms. The number of hydrogen-bond acceptors (Lipinski definition) is 6. The number of hydrogen-bond donors (Lipinski definition) is 1. The van der Waals surface area contributed by atoms with Crippen LogP contribution in [0, 0.1) is 0 Å². The molecule has 0 aromatic heterocycles. The Morgan fingerprint density at radius 3 is 2.32 bits per heavy atom. The van der Waals surface area contributed by atoms with E-state index < -0.39 is 6.29 Å². The van der Waals surface area contributed by atoms with Crippen LogP contribution in [0.5, 0.6) is 0 Å². The van der Waals surface area contributed by atoms with Crippen LogP contribution in [0.4, 0.5) is 0 Å². The number of ether oxygens (including phenoxy) is 3. The van der Waals surface area contributed by atoms with Crippen molar-refractivity contribution in [1.29, 1.82) is 0 Å². The summed E-state index contributed by atoms with van der Waals surface area (Å²) in [7, 11) is 0. The maximum Gasteiger partial charge on any atom is 0.184 e. The molecule has 0 aliphatic carbocycles. The van der Waals surface area contributed by atoms with Crippen LogP contribution in [0.25, 0.3) is 0 Å². The summed E-state index contributed by atoms with van der Waals surface area (Å²) in [5.74, 6) is 2.03. The maximum atomic E-state index is 9.91. The molecule has 2 rings (SSSR count). The third-order valence-electron chi connectivity index (χ3n) is 3.97. The van der Waals surface area contributed by atoms with Crippen LogP contribution in [-0.2, 0) is 14.2 Å². The molecule has 4 atom stereocenters. The van der Waals surface area contributed by atoms with Crippen molar-refractivity contribution < 1.29 is 19.3 Å². The fraction of sp³-hybridized carbons (Fsp3) is 0.684. The van der Waals surface area contributed by atoms with E-state index in [9.17, 15) is 5.11 Å². The molecule has 0 bridgehead atoms. The number of rotatable bonds is 10. The largest absolute Gasteiger partial charge is 0.394 e. The van der Waals surface area contributed by atoms with Gasteiger partial charge in [0.2, 0.25) is 0 Å². The minimum Gasteiger partial charge on any atom is -0.394 e. The highest BCUT2D eigenvalue weighted by Gasteiger charge is 2.44. The summed E-state index contributed by atoms with van der Waals surface area (Å²) in [6.45, 7) is 6.97. The lowest BCUT2D eigenvalue weighted by atomic mass is 10.1. The summed E-state index contributed by atoms with van der Waals surface area (Å²) < 4.78 is 18.8. The van der Waals surface area contributed by atoms with Gasteiger partial charge in [-0.1, -0.05) is 51.1 Å². The van der Waals surface area contributed by atoms with Crippen LogP contribution in [0.1, 0.15) is 39.0 Å². The molecule has 1 aromatic rings. The van der Waals surface area contributed by atoms with Gasteiger partial charge in [0.15, 0.2) is 6.29 Å². The summed E-state index contributed by atoms with van der Waals surface area (Å²) in [6, 6.07) is 9.92. The molecular weight excluding hydrogens is 356 g/mol. The van der Waals surface area contributed by atoms with Gasteiger partial charge in [0.1, 0.15) is 18.3 Å². The Bertz CT molecular complexity index is 468. The molecule has 1 heterocycles. The Balaban J connectivity index is 2.25. The Kier molecular flexibility index (Phi) is 9.66. The zero-order valence-electron chi connectivity index (χ0n) is 15.3. The first kappa shape index (κ1) is 21.1. The third-order valence-corrected chi connectivity index (χ3v) is 6.64. The Morgan fingerprint density at radius 2 is 1.76 bits per heavy atom. The van der Waals surface area contributed by atoms with Gasteiger partial charge in [-0.2, -0.15) is 0 Å². The molecule has 0 amide bonds. The highest BCUT2D eigenvalue weighted by molar-refractivity contribution is 8.17. The zero-order valence-corrected chi connectivity index (χ0v) is 16.9. The topological polar surface area (TPSA) is 47.9 Å². The first-order valence-electron chi connectivity index (χ1n) is 9.06. The van der Waals surface area contributed by atoms with E-state index in [1.807, 2.05) is 53.9 Å². The summed E-state index contributed by atoms with van der Waals surface area (Å²) in [5, 5.41) is 9.91. The van der Waals surface area contributed by atoms with Gasteiger partial charge in [-0.15, -0.1) is 23.5 Å². The molecule has 1 aromatic carbocycles. The average Bonchev–Trinajstić information content (AvgIpc) is 2.66. The van der Waals surface area contributed by atoms with E-state index in [0.29, 0.717) is 6.61 Å². The van der Waals surface area contributed by atoms with Crippen LogP contribution >= 0.6 is 23.5 Å². The van der Waals surface area contributed by atoms with Crippen LogP contribution in [0.15, 0.2) is 30.3 Å². The highest BCUT2D eigenvalue weighted by atomic mass is 32.2. The molecule has 0 spiro atoms. The molecule has 1 fully saturated rings. The lowest BCUT2D eigenvalue weighted by Gasteiger charge is -2.44. The molecule has 4 unspecified atom stereocenters. The molecule has 1 saturated heterocycles. The van der Waals surface area contributed by atoms with Crippen LogP contribution in [0.2, 0.25) is 0 Å². The molecule has 1 aliphatic heterocycles. The molecular formula is C19H30O4S2. The van der Waals surface area contributed by atoms with Gasteiger partial charge in [-0.3, -0.25) is 0 Å². The van der Waals surface area contributed by atoms with E-state index in [1.165, 1.54) is 0 Å². The Hall–Kier alpha value is -0.240. The molecule has 0 radical (unpaired) electrons. The van der Waals surface area contributed by atoms with Gasteiger partial charge >= 0.3 is 0 Å². The zero-order chi connectivity index (χ0) is 18.1. The first-order valence-corrected chi connectivity index (χ1v) is 11.2. The highest BCUT2D eigenvalue weighted by Crippen LogP contribution is 2.39. The van der Waals surface area contributed by atoms with Gasteiger partial charge < -0.3 is 19.3 Å². The van der Waals surface area contributed by atoms with Crippen molar-refractivity contribution in [2.75, 3.05) is 24.7 Å². The van der Waals surface area contributed by atoms with E-state index in [2.05, 4.69) is 20.8 Å². The predicted molar refractivity (Wildman–Crippen MR) is 106 cm³/mol. The lowest BCUT2D eigenvalue weighted by molar-refractivity contribution is -0.298. The summed E-state index contributed by atoms with van der Waals surface area (Å²) in [4.78, 5) is 0. The average molecular weight is 387 g/mol. The van der Waals surface area contributed by atoms with E-state index in [0.717, 1.165) is 23.5 Å². The molecule has 0 saturated carbocycles. The number of aliphatic hydroxyl groups excluding tert-OH is 1. The van der Waals surface area contributed by atoms with Gasteiger partial charge in [0.25, 0.3) is 0 Å². The summed E-state index contributed by atoms with van der Waals surface area (Å²) in [5.41, 5.74) is 0.974. The number of benzene rings is 1. The Labute approximate surface area is 160 Å². The summed E-state index contributed by atoms with van der Waals surface area (Å²) >= 11 is 3.75. The fourth-order valence-electron chi connectivity index (χ4n) is 2.86. The fourth-order valence-corrected chi connectivity index (χ4v) is 5.53. The monoisotopic (exact) mass is 386 g/mol. The van der Waals surface area contributed by atoms with E-state index in [-0.39, 0.29) is 29.5 Å². The van der Waals surface area contributed by atoms with Crippen molar-refractivity contribution in [3.8, 4) is 0 Å². The van der Waals surface area contributed by atoms with Crippen molar-refractivity contribution in [3.63, 3.8) is 0 Å². The maximum absolute atomic E-state index is 9.91. The van der Waals surface area contributed by atoms with E-state index in [1.54, 1.807) is 0 Å². The van der Waals surface area contributed by atoms with Gasteiger partial charge in [-0.05, 0) is 17.9 Å². The van der Waals surface area contributed by atoms with Crippen molar-refractivity contribution in [2.45, 2.75) is 56.4 Å². The van der Waals surface area contributed by atoms with Crippen molar-refractivity contribution >= 4 is 23.5 Å². The second-order valence-electron chi connectivity index (χ2n) is 5.81. The van der Waals surface area contributed by atoms with Crippen molar-refractivity contribution in [2.24, 2.45) is 0 Å². The Morgan fingerprint density at radius 1 is 1.08 bits per heavy atom.